The van der Waals surface area contributed by atoms with Crippen molar-refractivity contribution in [1.82, 2.24) is 14.8 Å². The Bertz CT molecular complexity index is 1150. The van der Waals surface area contributed by atoms with Crippen molar-refractivity contribution in [1.29, 1.82) is 0 Å². The molecule has 0 saturated carbocycles. The van der Waals surface area contributed by atoms with Gasteiger partial charge in [0, 0.05) is 44.0 Å². The molecule has 1 aromatic carbocycles. The number of hydrogen-bond acceptors (Lipinski definition) is 6. The predicted molar refractivity (Wildman–Crippen MR) is 146 cm³/mol. The summed E-state index contributed by atoms with van der Waals surface area (Å²) < 4.78 is 5.91. The molecule has 1 aromatic heterocycles. The van der Waals surface area contributed by atoms with E-state index in [0.29, 0.717) is 36.7 Å². The van der Waals surface area contributed by atoms with Crippen LogP contribution < -0.4 is 10.1 Å². The summed E-state index contributed by atoms with van der Waals surface area (Å²) in [5, 5.41) is 13.5. The van der Waals surface area contributed by atoms with Crippen LogP contribution in [0.4, 0.5) is 5.82 Å². The Morgan fingerprint density at radius 3 is 2.79 bits per heavy atom. The van der Waals surface area contributed by atoms with Crippen LogP contribution in [-0.4, -0.2) is 70.6 Å². The Morgan fingerprint density at radius 2 is 1.97 bits per heavy atom. The maximum absolute atomic E-state index is 13.4. The molecule has 3 atom stereocenters. The van der Waals surface area contributed by atoms with Crippen LogP contribution in [0, 0.1) is 11.8 Å². The molecule has 3 aliphatic rings. The second-order valence-corrected chi connectivity index (χ2v) is 11.2. The lowest BCUT2D eigenvalue weighted by Gasteiger charge is -2.27. The lowest BCUT2D eigenvalue weighted by atomic mass is 10.00. The molecule has 8 nitrogen and oxygen atoms in total. The molecule has 2 fully saturated rings. The van der Waals surface area contributed by atoms with Gasteiger partial charge in [-0.3, -0.25) is 14.5 Å². The normalized spacial score (nSPS) is 22.2. The van der Waals surface area contributed by atoms with Crippen molar-refractivity contribution in [3.63, 3.8) is 0 Å². The van der Waals surface area contributed by atoms with Crippen LogP contribution in [0.5, 0.6) is 5.75 Å². The summed E-state index contributed by atoms with van der Waals surface area (Å²) in [6.07, 6.45) is 5.86. The third kappa shape index (κ3) is 5.96. The summed E-state index contributed by atoms with van der Waals surface area (Å²) in [6.45, 7) is 7.46. The highest BCUT2D eigenvalue weighted by Gasteiger charge is 2.40. The Hall–Kier alpha value is -3.13. The van der Waals surface area contributed by atoms with Crippen LogP contribution in [0.15, 0.2) is 36.4 Å². The van der Waals surface area contributed by atoms with Gasteiger partial charge in [-0.1, -0.05) is 24.3 Å². The highest BCUT2D eigenvalue weighted by atomic mass is 16.5. The average Bonchev–Trinajstić information content (AvgIpc) is 3.58. The van der Waals surface area contributed by atoms with Crippen molar-refractivity contribution >= 4 is 17.7 Å². The average molecular weight is 521 g/mol. The topological polar surface area (TPSA) is 95.0 Å². The number of anilines is 1. The van der Waals surface area contributed by atoms with E-state index in [-0.39, 0.29) is 17.9 Å². The monoisotopic (exact) mass is 520 g/mol. The Morgan fingerprint density at radius 1 is 1.13 bits per heavy atom. The van der Waals surface area contributed by atoms with Gasteiger partial charge >= 0.3 is 5.97 Å². The van der Waals surface area contributed by atoms with Gasteiger partial charge in [-0.05, 0) is 76.0 Å². The van der Waals surface area contributed by atoms with Crippen molar-refractivity contribution in [2.45, 2.75) is 64.5 Å². The number of fused-ring (bicyclic) bond motifs is 1. The summed E-state index contributed by atoms with van der Waals surface area (Å²) in [4.78, 5) is 34.5. The van der Waals surface area contributed by atoms with E-state index < -0.39 is 12.0 Å². The van der Waals surface area contributed by atoms with E-state index >= 15 is 0 Å². The number of nitrogens with zero attached hydrogens (tertiary/aromatic N) is 3. The van der Waals surface area contributed by atoms with Crippen molar-refractivity contribution in [2.75, 3.05) is 38.0 Å². The summed E-state index contributed by atoms with van der Waals surface area (Å²) >= 11 is 0. The number of nitrogens with one attached hydrogen (secondary N) is 1. The SMILES string of the molecule is CC(C)Oc1ccccc1[C@H](C(=O)O)N1CC[C@@H](C(=O)N2CC[C@@H](CCc3ccc4c(n3)NCCC4)C2)C1. The number of aliphatic carboxylic acids is 1. The molecule has 0 aliphatic carbocycles. The van der Waals surface area contributed by atoms with Crippen LogP contribution in [0.25, 0.3) is 0 Å². The minimum absolute atomic E-state index is 0.0543. The molecule has 0 spiro atoms. The van der Waals surface area contributed by atoms with Gasteiger partial charge in [0.05, 0.1) is 12.0 Å². The number of carboxylic acid groups (broad SMARTS) is 1. The zero-order valence-corrected chi connectivity index (χ0v) is 22.6. The first-order chi connectivity index (χ1) is 18.4. The maximum Gasteiger partial charge on any atom is 0.325 e. The van der Waals surface area contributed by atoms with E-state index in [0.717, 1.165) is 63.3 Å². The molecule has 5 rings (SSSR count). The fourth-order valence-electron chi connectivity index (χ4n) is 6.16. The molecule has 0 bridgehead atoms. The predicted octanol–water partition coefficient (Wildman–Crippen LogP) is 4.16. The van der Waals surface area contributed by atoms with Crippen LogP contribution >= 0.6 is 0 Å². The molecule has 3 aliphatic heterocycles. The lowest BCUT2D eigenvalue weighted by molar-refractivity contribution is -0.144. The van der Waals surface area contributed by atoms with Gasteiger partial charge in [0.15, 0.2) is 0 Å². The fourth-order valence-corrected chi connectivity index (χ4v) is 6.16. The van der Waals surface area contributed by atoms with Crippen LogP contribution in [-0.2, 0) is 22.4 Å². The van der Waals surface area contributed by atoms with Crippen molar-refractivity contribution in [3.05, 3.63) is 53.2 Å². The molecule has 0 radical (unpaired) electrons. The van der Waals surface area contributed by atoms with E-state index in [9.17, 15) is 14.7 Å². The number of rotatable bonds is 9. The molecule has 2 N–H and O–H groups in total. The van der Waals surface area contributed by atoms with Gasteiger partial charge in [-0.15, -0.1) is 0 Å². The van der Waals surface area contributed by atoms with Gasteiger partial charge in [0.1, 0.15) is 17.6 Å². The number of pyridine rings is 1. The molecule has 8 heteroatoms. The second-order valence-electron chi connectivity index (χ2n) is 11.2. The maximum atomic E-state index is 13.4. The minimum atomic E-state index is -0.912. The van der Waals surface area contributed by atoms with Crippen molar-refractivity contribution in [3.8, 4) is 5.75 Å². The zero-order valence-electron chi connectivity index (χ0n) is 22.6. The number of carboxylic acids is 1. The van der Waals surface area contributed by atoms with E-state index in [4.69, 9.17) is 9.72 Å². The number of para-hydroxylation sites is 1. The first-order valence-electron chi connectivity index (χ1n) is 14.1. The van der Waals surface area contributed by atoms with Crippen molar-refractivity contribution < 1.29 is 19.4 Å². The summed E-state index contributed by atoms with van der Waals surface area (Å²) in [7, 11) is 0. The number of likely N-dealkylation sites (tertiary alicyclic amines) is 2. The largest absolute Gasteiger partial charge is 0.491 e. The van der Waals surface area contributed by atoms with Gasteiger partial charge in [-0.2, -0.15) is 0 Å². The Kier molecular flexibility index (Phi) is 8.17. The number of hydrogen-bond donors (Lipinski definition) is 2. The number of carbonyl (C=O) groups is 2. The molecular formula is C30H40N4O4. The standard InChI is InChI=1S/C30H40N4O4/c1-20(2)38-26-8-4-3-7-25(26)27(30(36)37)33-17-14-23(19-33)29(35)34-16-13-21(18-34)9-11-24-12-10-22-6-5-15-31-28(22)32-24/h3-4,7-8,10,12,20-21,23,27H,5-6,9,11,13-19H2,1-2H3,(H,31,32)(H,36,37)/t21-,23-,27-/m1/s1. The molecule has 2 saturated heterocycles. The number of carbonyl (C=O) groups excluding carboxylic acids is 1. The third-order valence-electron chi connectivity index (χ3n) is 8.10. The van der Waals surface area contributed by atoms with E-state index in [1.807, 2.05) is 47.9 Å². The van der Waals surface area contributed by atoms with Gasteiger partial charge < -0.3 is 20.1 Å². The van der Waals surface area contributed by atoms with E-state index in [1.54, 1.807) is 0 Å². The fraction of sp³-hybridized carbons (Fsp3) is 0.567. The quantitative estimate of drug-likeness (QED) is 0.513. The highest BCUT2D eigenvalue weighted by molar-refractivity contribution is 5.80. The Labute approximate surface area is 225 Å². The number of aryl methyl sites for hydroxylation is 2. The number of benzene rings is 1. The molecule has 38 heavy (non-hydrogen) atoms. The molecule has 0 unspecified atom stereocenters. The van der Waals surface area contributed by atoms with Gasteiger partial charge in [0.25, 0.3) is 0 Å². The first-order valence-corrected chi connectivity index (χ1v) is 14.1. The smallest absolute Gasteiger partial charge is 0.325 e. The second kappa shape index (κ2) is 11.7. The highest BCUT2D eigenvalue weighted by Crippen LogP contribution is 2.35. The number of amides is 1. The lowest BCUT2D eigenvalue weighted by Crippen LogP contribution is -2.38. The molecule has 2 aromatic rings. The molecular weight excluding hydrogens is 480 g/mol. The molecule has 4 heterocycles. The van der Waals surface area contributed by atoms with Crippen LogP contribution in [0.2, 0.25) is 0 Å². The Balaban J connectivity index is 1.16. The summed E-state index contributed by atoms with van der Waals surface area (Å²) in [5.74, 6) is 1.21. The molecule has 204 valence electrons. The van der Waals surface area contributed by atoms with Gasteiger partial charge in [0.2, 0.25) is 5.91 Å². The van der Waals surface area contributed by atoms with Crippen LogP contribution in [0.1, 0.15) is 62.4 Å². The number of aromatic nitrogens is 1. The van der Waals surface area contributed by atoms with Gasteiger partial charge in [-0.25, -0.2) is 4.98 Å². The van der Waals surface area contributed by atoms with Crippen molar-refractivity contribution in [2.24, 2.45) is 11.8 Å². The molecule has 1 amide bonds. The van der Waals surface area contributed by atoms with Crippen LogP contribution in [0.3, 0.4) is 0 Å². The minimum Gasteiger partial charge on any atom is -0.491 e. The van der Waals surface area contributed by atoms with E-state index in [2.05, 4.69) is 17.4 Å². The zero-order chi connectivity index (χ0) is 26.6. The third-order valence-corrected chi connectivity index (χ3v) is 8.10. The number of ether oxygens (including phenoxy) is 1. The summed E-state index contributed by atoms with van der Waals surface area (Å²) in [5.41, 5.74) is 3.08. The summed E-state index contributed by atoms with van der Waals surface area (Å²) in [6, 6.07) is 10.9. The first kappa shape index (κ1) is 26.5. The van der Waals surface area contributed by atoms with E-state index in [1.165, 1.54) is 5.56 Å².